The quantitative estimate of drug-likeness (QED) is 0.644. The fourth-order valence-corrected chi connectivity index (χ4v) is 4.05. The number of ether oxygens (including phenoxy) is 1. The Labute approximate surface area is 119 Å². The summed E-state index contributed by atoms with van der Waals surface area (Å²) in [6.07, 6.45) is 0.645. The molecule has 1 saturated heterocycles. The van der Waals surface area contributed by atoms with Crippen LogP contribution in [0.4, 0.5) is 5.69 Å². The third kappa shape index (κ3) is 2.95. The van der Waals surface area contributed by atoms with Crippen LogP contribution in [0, 0.1) is 0 Å². The first-order valence-corrected chi connectivity index (χ1v) is 8.13. The van der Waals surface area contributed by atoms with E-state index in [0.29, 0.717) is 18.8 Å². The van der Waals surface area contributed by atoms with E-state index in [2.05, 4.69) is 5.43 Å². The van der Waals surface area contributed by atoms with Gasteiger partial charge in [0.05, 0.1) is 17.6 Å². The smallest absolute Gasteiger partial charge is 0.243 e. The second kappa shape index (κ2) is 6.09. The van der Waals surface area contributed by atoms with Gasteiger partial charge in [-0.1, -0.05) is 6.92 Å². The number of nitrogen functional groups attached to an aromatic ring is 1. The third-order valence-corrected chi connectivity index (χ3v) is 5.45. The molecule has 1 aliphatic heterocycles. The molecule has 2 unspecified atom stereocenters. The van der Waals surface area contributed by atoms with Crippen LogP contribution in [0.15, 0.2) is 29.2 Å². The van der Waals surface area contributed by atoms with Gasteiger partial charge in [-0.05, 0) is 37.6 Å². The Morgan fingerprint density at radius 2 is 2.05 bits per heavy atom. The summed E-state index contributed by atoms with van der Waals surface area (Å²) >= 11 is 0. The van der Waals surface area contributed by atoms with Gasteiger partial charge in [0.25, 0.3) is 0 Å². The summed E-state index contributed by atoms with van der Waals surface area (Å²) in [6.45, 7) is 4.68. The first-order chi connectivity index (χ1) is 9.48. The Hall–Kier alpha value is -1.15. The van der Waals surface area contributed by atoms with Gasteiger partial charge >= 0.3 is 0 Å². The predicted molar refractivity (Wildman–Crippen MR) is 77.6 cm³/mol. The molecule has 2 atom stereocenters. The molecule has 1 aromatic rings. The standard InChI is InChI=1S/C13H21N3O3S/c1-3-12-9-19-10(2)8-16(12)20(17,18)13-6-4-11(15-14)5-7-13/h4-7,10,12,15H,3,8-9,14H2,1-2H3. The summed E-state index contributed by atoms with van der Waals surface area (Å²) in [6, 6.07) is 6.33. The zero-order valence-corrected chi connectivity index (χ0v) is 12.6. The van der Waals surface area contributed by atoms with E-state index >= 15 is 0 Å². The summed E-state index contributed by atoms with van der Waals surface area (Å²) in [4.78, 5) is 0.282. The van der Waals surface area contributed by atoms with E-state index in [0.717, 1.165) is 6.42 Å². The molecule has 0 aromatic heterocycles. The molecule has 20 heavy (non-hydrogen) atoms. The molecule has 0 radical (unpaired) electrons. The van der Waals surface area contributed by atoms with Gasteiger partial charge in [-0.15, -0.1) is 0 Å². The Morgan fingerprint density at radius 3 is 2.60 bits per heavy atom. The minimum absolute atomic E-state index is 0.0856. The van der Waals surface area contributed by atoms with Crippen LogP contribution >= 0.6 is 0 Å². The summed E-state index contributed by atoms with van der Waals surface area (Å²) in [5.41, 5.74) is 3.16. The number of anilines is 1. The van der Waals surface area contributed by atoms with E-state index in [4.69, 9.17) is 10.6 Å². The van der Waals surface area contributed by atoms with Crippen LogP contribution in [0.1, 0.15) is 20.3 Å². The zero-order valence-electron chi connectivity index (χ0n) is 11.7. The van der Waals surface area contributed by atoms with E-state index in [9.17, 15) is 8.42 Å². The number of morpholine rings is 1. The lowest BCUT2D eigenvalue weighted by Gasteiger charge is -2.37. The Bertz CT molecular complexity index is 544. The van der Waals surface area contributed by atoms with Crippen molar-refractivity contribution in [1.82, 2.24) is 4.31 Å². The Kier molecular flexibility index (Phi) is 4.64. The van der Waals surface area contributed by atoms with Crippen molar-refractivity contribution >= 4 is 15.7 Å². The molecule has 0 bridgehead atoms. The molecule has 1 fully saturated rings. The lowest BCUT2D eigenvalue weighted by atomic mass is 10.2. The Morgan fingerprint density at radius 1 is 1.40 bits per heavy atom. The molecule has 0 saturated carbocycles. The van der Waals surface area contributed by atoms with Crippen molar-refractivity contribution in [1.29, 1.82) is 0 Å². The molecule has 7 heteroatoms. The lowest BCUT2D eigenvalue weighted by molar-refractivity contribution is -0.0230. The average molecular weight is 299 g/mol. The highest BCUT2D eigenvalue weighted by Gasteiger charge is 2.35. The lowest BCUT2D eigenvalue weighted by Crippen LogP contribution is -2.51. The van der Waals surface area contributed by atoms with Gasteiger partial charge in [-0.2, -0.15) is 4.31 Å². The van der Waals surface area contributed by atoms with E-state index in [1.807, 2.05) is 13.8 Å². The highest BCUT2D eigenvalue weighted by molar-refractivity contribution is 7.89. The SMILES string of the molecule is CCC1COC(C)CN1S(=O)(=O)c1ccc(NN)cc1. The van der Waals surface area contributed by atoms with Gasteiger partial charge in [-0.25, -0.2) is 8.42 Å². The number of nitrogens with zero attached hydrogens (tertiary/aromatic N) is 1. The Balaban J connectivity index is 2.31. The predicted octanol–water partition coefficient (Wildman–Crippen LogP) is 1.16. The summed E-state index contributed by atoms with van der Waals surface area (Å²) in [5, 5.41) is 0. The van der Waals surface area contributed by atoms with Gasteiger partial charge in [0, 0.05) is 18.3 Å². The van der Waals surface area contributed by atoms with Crippen molar-refractivity contribution in [3.05, 3.63) is 24.3 Å². The zero-order chi connectivity index (χ0) is 14.8. The van der Waals surface area contributed by atoms with Crippen molar-refractivity contribution in [2.24, 2.45) is 5.84 Å². The second-order valence-electron chi connectivity index (χ2n) is 4.95. The molecule has 1 aromatic carbocycles. The highest BCUT2D eigenvalue weighted by atomic mass is 32.2. The van der Waals surface area contributed by atoms with Crippen LogP contribution in [0.5, 0.6) is 0 Å². The number of benzene rings is 1. The summed E-state index contributed by atoms with van der Waals surface area (Å²) in [7, 11) is -3.50. The number of sulfonamides is 1. The number of hydrogen-bond acceptors (Lipinski definition) is 5. The number of rotatable bonds is 4. The van der Waals surface area contributed by atoms with Crippen molar-refractivity contribution in [2.45, 2.75) is 37.3 Å². The molecule has 6 nitrogen and oxygen atoms in total. The number of nitrogens with one attached hydrogen (secondary N) is 1. The number of nitrogens with two attached hydrogens (primary N) is 1. The van der Waals surface area contributed by atoms with E-state index in [1.165, 1.54) is 0 Å². The molecule has 1 aliphatic rings. The fraction of sp³-hybridized carbons (Fsp3) is 0.538. The average Bonchev–Trinajstić information content (AvgIpc) is 2.47. The van der Waals surface area contributed by atoms with Crippen molar-refractivity contribution in [3.63, 3.8) is 0 Å². The van der Waals surface area contributed by atoms with Gasteiger partial charge in [0.2, 0.25) is 10.0 Å². The normalized spacial score (nSPS) is 24.6. The minimum Gasteiger partial charge on any atom is -0.375 e. The van der Waals surface area contributed by atoms with Crippen LogP contribution in [0.3, 0.4) is 0 Å². The molecule has 0 amide bonds. The molecule has 2 rings (SSSR count). The van der Waals surface area contributed by atoms with Crippen molar-refractivity contribution < 1.29 is 13.2 Å². The molecular formula is C13H21N3O3S. The maximum Gasteiger partial charge on any atom is 0.243 e. The number of hydrogen-bond donors (Lipinski definition) is 2. The molecule has 1 heterocycles. The molecule has 3 N–H and O–H groups in total. The summed E-state index contributed by atoms with van der Waals surface area (Å²) < 4.78 is 32.5. The van der Waals surface area contributed by atoms with E-state index in [1.54, 1.807) is 28.6 Å². The van der Waals surface area contributed by atoms with Crippen LogP contribution < -0.4 is 11.3 Å². The highest BCUT2D eigenvalue weighted by Crippen LogP contribution is 2.24. The molecule has 0 spiro atoms. The third-order valence-electron chi connectivity index (χ3n) is 3.52. The van der Waals surface area contributed by atoms with Crippen LogP contribution in [-0.4, -0.2) is 38.0 Å². The monoisotopic (exact) mass is 299 g/mol. The minimum atomic E-state index is -3.50. The van der Waals surface area contributed by atoms with E-state index in [-0.39, 0.29) is 17.0 Å². The van der Waals surface area contributed by atoms with Crippen LogP contribution in [0.25, 0.3) is 0 Å². The maximum atomic E-state index is 12.7. The van der Waals surface area contributed by atoms with Crippen molar-refractivity contribution in [2.75, 3.05) is 18.6 Å². The van der Waals surface area contributed by atoms with Crippen LogP contribution in [-0.2, 0) is 14.8 Å². The van der Waals surface area contributed by atoms with Crippen LogP contribution in [0.2, 0.25) is 0 Å². The fourth-order valence-electron chi connectivity index (χ4n) is 2.29. The summed E-state index contributed by atoms with van der Waals surface area (Å²) in [5.74, 6) is 5.29. The maximum absolute atomic E-state index is 12.7. The second-order valence-corrected chi connectivity index (χ2v) is 6.84. The first kappa shape index (κ1) is 15.2. The number of hydrazine groups is 1. The van der Waals surface area contributed by atoms with Gasteiger partial charge in [-0.3, -0.25) is 5.84 Å². The largest absolute Gasteiger partial charge is 0.375 e. The van der Waals surface area contributed by atoms with Gasteiger partial charge in [0.15, 0.2) is 0 Å². The first-order valence-electron chi connectivity index (χ1n) is 6.69. The molecule has 0 aliphatic carbocycles. The molecule has 112 valence electrons. The van der Waals surface area contributed by atoms with Gasteiger partial charge in [0.1, 0.15) is 0 Å². The molecular weight excluding hydrogens is 278 g/mol. The van der Waals surface area contributed by atoms with Crippen molar-refractivity contribution in [3.8, 4) is 0 Å². The van der Waals surface area contributed by atoms with E-state index < -0.39 is 10.0 Å². The topological polar surface area (TPSA) is 84.7 Å². The van der Waals surface area contributed by atoms with Gasteiger partial charge < -0.3 is 10.2 Å².